The van der Waals surface area contributed by atoms with Crippen LogP contribution in [0.25, 0.3) is 0 Å². The normalized spacial score (nSPS) is 33.9. The fourth-order valence-corrected chi connectivity index (χ4v) is 4.71. The van der Waals surface area contributed by atoms with Crippen molar-refractivity contribution in [1.29, 1.82) is 0 Å². The summed E-state index contributed by atoms with van der Waals surface area (Å²) in [5, 5.41) is 0. The molecule has 0 saturated carbocycles. The Bertz CT molecular complexity index is 154. The SMILES string of the molecule is CCO[Si]1(CCCS)OCC(C)O1. The van der Waals surface area contributed by atoms with Crippen molar-refractivity contribution < 1.29 is 13.3 Å². The maximum absolute atomic E-state index is 5.75. The molecule has 1 aliphatic heterocycles. The molecule has 1 heterocycles. The van der Waals surface area contributed by atoms with Gasteiger partial charge in [-0.25, -0.2) is 0 Å². The lowest BCUT2D eigenvalue weighted by Crippen LogP contribution is -2.41. The second kappa shape index (κ2) is 5.36. The minimum Gasteiger partial charge on any atom is -0.374 e. The standard InChI is InChI=1S/C8H18O3SSi/c1-3-9-13(6-4-5-12)10-7-8(2)11-13/h8,12H,3-7H2,1-2H3. The molecule has 1 saturated heterocycles. The fraction of sp³-hybridized carbons (Fsp3) is 1.00. The fourth-order valence-electron chi connectivity index (χ4n) is 1.41. The number of hydrogen-bond acceptors (Lipinski definition) is 4. The zero-order valence-corrected chi connectivity index (χ0v) is 10.2. The van der Waals surface area contributed by atoms with Crippen LogP contribution in [0.15, 0.2) is 0 Å². The molecule has 1 rings (SSSR count). The first kappa shape index (κ1) is 11.5. The van der Waals surface area contributed by atoms with Crippen LogP contribution in [0, 0.1) is 0 Å². The molecule has 0 aromatic carbocycles. The van der Waals surface area contributed by atoms with E-state index in [1.807, 2.05) is 13.8 Å². The summed E-state index contributed by atoms with van der Waals surface area (Å²) in [5.74, 6) is 0.864. The summed E-state index contributed by atoms with van der Waals surface area (Å²) in [4.78, 5) is 0. The van der Waals surface area contributed by atoms with Crippen LogP contribution in [0.1, 0.15) is 20.3 Å². The molecule has 0 N–H and O–H groups in total. The van der Waals surface area contributed by atoms with E-state index in [9.17, 15) is 0 Å². The molecule has 2 atom stereocenters. The third kappa shape index (κ3) is 3.25. The number of hydrogen-bond donors (Lipinski definition) is 1. The second-order valence-corrected chi connectivity index (χ2v) is 6.31. The lowest BCUT2D eigenvalue weighted by molar-refractivity contribution is 0.136. The molecule has 1 fully saturated rings. The van der Waals surface area contributed by atoms with Gasteiger partial charge in [0.05, 0.1) is 12.7 Å². The number of rotatable bonds is 5. The Balaban J connectivity index is 2.44. The summed E-state index contributed by atoms with van der Waals surface area (Å²) >= 11 is 4.18. The zero-order chi connectivity index (χ0) is 9.73. The highest BCUT2D eigenvalue weighted by Gasteiger charge is 2.46. The molecule has 0 spiro atoms. The molecule has 0 amide bonds. The summed E-state index contributed by atoms with van der Waals surface area (Å²) in [6, 6.07) is 0.898. The van der Waals surface area contributed by atoms with Crippen molar-refractivity contribution in [2.75, 3.05) is 19.0 Å². The highest BCUT2D eigenvalue weighted by Crippen LogP contribution is 2.25. The Morgan fingerprint density at radius 2 is 2.38 bits per heavy atom. The van der Waals surface area contributed by atoms with Crippen molar-refractivity contribution >= 4 is 21.4 Å². The van der Waals surface area contributed by atoms with Gasteiger partial charge >= 0.3 is 8.80 Å². The number of thiol groups is 1. The van der Waals surface area contributed by atoms with Gasteiger partial charge in [0.15, 0.2) is 0 Å². The van der Waals surface area contributed by atoms with E-state index in [1.54, 1.807) is 0 Å². The van der Waals surface area contributed by atoms with Crippen LogP contribution in [0.5, 0.6) is 0 Å². The monoisotopic (exact) mass is 222 g/mol. The molecule has 3 nitrogen and oxygen atoms in total. The Hall–Kier alpha value is 0.447. The molecule has 0 aromatic rings. The van der Waals surface area contributed by atoms with E-state index in [4.69, 9.17) is 13.3 Å². The summed E-state index contributed by atoms with van der Waals surface area (Å²) in [6.07, 6.45) is 1.19. The minimum atomic E-state index is -2.27. The summed E-state index contributed by atoms with van der Waals surface area (Å²) in [5.41, 5.74) is 0. The van der Waals surface area contributed by atoms with Gasteiger partial charge in [0.1, 0.15) is 0 Å². The van der Waals surface area contributed by atoms with Crippen LogP contribution in [-0.2, 0) is 13.3 Å². The molecule has 2 unspecified atom stereocenters. The first-order valence-corrected chi connectivity index (χ1v) is 7.35. The molecule has 0 aliphatic carbocycles. The average molecular weight is 222 g/mol. The van der Waals surface area contributed by atoms with Gasteiger partial charge in [0.25, 0.3) is 0 Å². The molecular weight excluding hydrogens is 204 g/mol. The van der Waals surface area contributed by atoms with Crippen LogP contribution >= 0.6 is 12.6 Å². The van der Waals surface area contributed by atoms with E-state index < -0.39 is 8.80 Å². The van der Waals surface area contributed by atoms with E-state index in [0.29, 0.717) is 13.2 Å². The lowest BCUT2D eigenvalue weighted by Gasteiger charge is -2.22. The van der Waals surface area contributed by atoms with Gasteiger partial charge in [0, 0.05) is 12.7 Å². The van der Waals surface area contributed by atoms with Gasteiger partial charge in [-0.05, 0) is 26.0 Å². The van der Waals surface area contributed by atoms with Gasteiger partial charge in [-0.1, -0.05) is 0 Å². The van der Waals surface area contributed by atoms with Crippen molar-refractivity contribution in [3.8, 4) is 0 Å². The average Bonchev–Trinajstić information content (AvgIpc) is 2.46. The summed E-state index contributed by atoms with van der Waals surface area (Å²) in [7, 11) is -2.27. The Morgan fingerprint density at radius 3 is 2.85 bits per heavy atom. The van der Waals surface area contributed by atoms with E-state index in [-0.39, 0.29) is 6.10 Å². The highest BCUT2D eigenvalue weighted by atomic mass is 32.1. The maximum Gasteiger partial charge on any atom is 0.501 e. The Labute approximate surface area is 86.5 Å². The molecule has 1 aliphatic rings. The lowest BCUT2D eigenvalue weighted by atomic mass is 10.5. The molecule has 5 heteroatoms. The minimum absolute atomic E-state index is 0.193. The first-order chi connectivity index (χ1) is 6.22. The maximum atomic E-state index is 5.75. The molecule has 0 radical (unpaired) electrons. The molecule has 78 valence electrons. The quantitative estimate of drug-likeness (QED) is 0.567. The van der Waals surface area contributed by atoms with Gasteiger partial charge in [-0.2, -0.15) is 12.6 Å². The highest BCUT2D eigenvalue weighted by molar-refractivity contribution is 7.80. The molecule has 0 bridgehead atoms. The van der Waals surface area contributed by atoms with Gasteiger partial charge in [-0.3, -0.25) is 0 Å². The van der Waals surface area contributed by atoms with E-state index in [0.717, 1.165) is 18.2 Å². The summed E-state index contributed by atoms with van der Waals surface area (Å²) < 4.78 is 17.0. The summed E-state index contributed by atoms with van der Waals surface area (Å²) in [6.45, 7) is 5.35. The van der Waals surface area contributed by atoms with Crippen LogP contribution in [-0.4, -0.2) is 33.9 Å². The van der Waals surface area contributed by atoms with Gasteiger partial charge < -0.3 is 13.3 Å². The van der Waals surface area contributed by atoms with E-state index >= 15 is 0 Å². The van der Waals surface area contributed by atoms with Crippen molar-refractivity contribution in [3.05, 3.63) is 0 Å². The van der Waals surface area contributed by atoms with Crippen LogP contribution in [0.3, 0.4) is 0 Å². The third-order valence-corrected chi connectivity index (χ3v) is 5.30. The zero-order valence-electron chi connectivity index (χ0n) is 8.28. The Kier molecular flexibility index (Phi) is 4.75. The van der Waals surface area contributed by atoms with E-state index in [1.165, 1.54) is 0 Å². The van der Waals surface area contributed by atoms with Crippen molar-refractivity contribution in [2.45, 2.75) is 32.4 Å². The largest absolute Gasteiger partial charge is 0.501 e. The van der Waals surface area contributed by atoms with Crippen LogP contribution in [0.4, 0.5) is 0 Å². The topological polar surface area (TPSA) is 27.7 Å². The molecular formula is C8H18O3SSi. The van der Waals surface area contributed by atoms with Gasteiger partial charge in [-0.15, -0.1) is 0 Å². The van der Waals surface area contributed by atoms with E-state index in [2.05, 4.69) is 12.6 Å². The van der Waals surface area contributed by atoms with Crippen LogP contribution < -0.4 is 0 Å². The van der Waals surface area contributed by atoms with Crippen molar-refractivity contribution in [1.82, 2.24) is 0 Å². The predicted octanol–water partition coefficient (Wildman–Crippen LogP) is 1.72. The van der Waals surface area contributed by atoms with Crippen molar-refractivity contribution in [3.63, 3.8) is 0 Å². The first-order valence-electron chi connectivity index (χ1n) is 4.79. The predicted molar refractivity (Wildman–Crippen MR) is 57.2 cm³/mol. The van der Waals surface area contributed by atoms with Crippen LogP contribution in [0.2, 0.25) is 6.04 Å². The molecule has 0 aromatic heterocycles. The Morgan fingerprint density at radius 1 is 1.62 bits per heavy atom. The second-order valence-electron chi connectivity index (χ2n) is 3.18. The third-order valence-electron chi connectivity index (χ3n) is 1.92. The smallest absolute Gasteiger partial charge is 0.374 e. The molecule has 13 heavy (non-hydrogen) atoms. The van der Waals surface area contributed by atoms with Crippen molar-refractivity contribution in [2.24, 2.45) is 0 Å². The van der Waals surface area contributed by atoms with Gasteiger partial charge in [0.2, 0.25) is 0 Å².